The van der Waals surface area contributed by atoms with E-state index >= 15 is 0 Å². The van der Waals surface area contributed by atoms with Gasteiger partial charge in [0.15, 0.2) is 23.3 Å². The van der Waals surface area contributed by atoms with Crippen LogP contribution in [0.15, 0.2) is 71.7 Å². The van der Waals surface area contributed by atoms with Crippen LogP contribution in [0.25, 0.3) is 28.2 Å². The molecule has 0 aliphatic heterocycles. The van der Waals surface area contributed by atoms with Crippen LogP contribution in [-0.2, 0) is 16.1 Å². The molecule has 0 radical (unpaired) electrons. The first-order valence-electron chi connectivity index (χ1n) is 10.4. The second kappa shape index (κ2) is 9.46. The molecule has 11 nitrogen and oxygen atoms in total. The Bertz CT molecular complexity index is 1430. The topological polar surface area (TPSA) is 133 Å². The number of nitrogens with zero attached hydrogens (tertiary/aromatic N) is 6. The van der Waals surface area contributed by atoms with Crippen LogP contribution in [0, 0.1) is 0 Å². The molecular formula is C23H20N8O3. The molecule has 5 aromatic rings. The molecule has 0 aliphatic rings. The molecular weight excluding hydrogens is 436 g/mol. The van der Waals surface area contributed by atoms with Crippen molar-refractivity contribution in [1.29, 1.82) is 0 Å². The average molecular weight is 456 g/mol. The Balaban J connectivity index is 1.39. The van der Waals surface area contributed by atoms with Gasteiger partial charge in [-0.1, -0.05) is 29.5 Å². The molecule has 0 fully saturated rings. The van der Waals surface area contributed by atoms with Gasteiger partial charge in [0.2, 0.25) is 11.9 Å². The molecule has 0 spiro atoms. The van der Waals surface area contributed by atoms with Gasteiger partial charge in [-0.3, -0.25) is 4.79 Å². The molecule has 170 valence electrons. The Labute approximate surface area is 193 Å². The summed E-state index contributed by atoms with van der Waals surface area (Å²) in [5.41, 5.74) is 4.44. The first kappa shape index (κ1) is 21.2. The van der Waals surface area contributed by atoms with E-state index in [-0.39, 0.29) is 12.5 Å². The van der Waals surface area contributed by atoms with Crippen molar-refractivity contribution < 1.29 is 13.9 Å². The minimum atomic E-state index is -0.185. The van der Waals surface area contributed by atoms with Gasteiger partial charge in [0, 0.05) is 24.9 Å². The van der Waals surface area contributed by atoms with Gasteiger partial charge in [-0.05, 0) is 29.8 Å². The summed E-state index contributed by atoms with van der Waals surface area (Å²) in [5, 5.41) is 14.4. The second-order valence-corrected chi connectivity index (χ2v) is 7.35. The van der Waals surface area contributed by atoms with Crippen molar-refractivity contribution in [2.24, 2.45) is 0 Å². The minimum absolute atomic E-state index is 0.0153. The van der Waals surface area contributed by atoms with Crippen LogP contribution in [0.2, 0.25) is 0 Å². The van der Waals surface area contributed by atoms with Crippen LogP contribution < -0.4 is 10.6 Å². The Morgan fingerprint density at radius 1 is 1.15 bits per heavy atom. The maximum Gasteiger partial charge on any atom is 0.246 e. The van der Waals surface area contributed by atoms with E-state index in [0.29, 0.717) is 29.4 Å². The van der Waals surface area contributed by atoms with E-state index in [2.05, 4.69) is 35.9 Å². The number of fused-ring (bicyclic) bond motifs is 1. The van der Waals surface area contributed by atoms with Crippen molar-refractivity contribution in [1.82, 2.24) is 35.3 Å². The van der Waals surface area contributed by atoms with Gasteiger partial charge in [-0.15, -0.1) is 5.10 Å². The van der Waals surface area contributed by atoms with Gasteiger partial charge in [0.05, 0.1) is 18.1 Å². The number of rotatable bonds is 8. The first-order chi connectivity index (χ1) is 16.7. The molecule has 0 unspecified atom stereocenters. The van der Waals surface area contributed by atoms with E-state index in [1.165, 1.54) is 13.5 Å². The lowest BCUT2D eigenvalue weighted by molar-refractivity contribution is -0.124. The number of carbonyl (C=O) groups excluding carboxylic acids is 1. The summed E-state index contributed by atoms with van der Waals surface area (Å²) in [6, 6.07) is 15.3. The van der Waals surface area contributed by atoms with Gasteiger partial charge >= 0.3 is 0 Å². The number of hydrogen-bond acceptors (Lipinski definition) is 9. The Kier molecular flexibility index (Phi) is 5.91. The smallest absolute Gasteiger partial charge is 0.246 e. The SMILES string of the molecule is COCC(=O)NCc1cccc(-n2nnc3cnc(Nc4cccc(-c5cnco5)c4)nc32)c1. The van der Waals surface area contributed by atoms with E-state index in [0.717, 1.165) is 22.5 Å². The average Bonchev–Trinajstić information content (AvgIpc) is 3.54. The van der Waals surface area contributed by atoms with E-state index in [4.69, 9.17) is 9.15 Å². The zero-order valence-electron chi connectivity index (χ0n) is 18.2. The molecule has 34 heavy (non-hydrogen) atoms. The molecule has 0 saturated carbocycles. The standard InChI is InChI=1S/C23H20N8O3/c1-33-13-21(32)25-10-15-4-2-7-18(8-15)31-22-19(29-30-31)11-26-23(28-22)27-17-6-3-5-16(9-17)20-12-24-14-34-20/h2-9,11-12,14H,10,13H2,1H3,(H,25,32)(H,26,27,28). The van der Waals surface area contributed by atoms with Crippen LogP contribution in [0.1, 0.15) is 5.56 Å². The monoisotopic (exact) mass is 456 g/mol. The van der Waals surface area contributed by atoms with Crippen LogP contribution in [0.5, 0.6) is 0 Å². The number of aromatic nitrogens is 6. The third kappa shape index (κ3) is 4.59. The Hall–Kier alpha value is -4.64. The number of amides is 1. The molecule has 0 aliphatic carbocycles. The number of carbonyl (C=O) groups is 1. The normalized spacial score (nSPS) is 11.0. The highest BCUT2D eigenvalue weighted by Crippen LogP contribution is 2.24. The quantitative estimate of drug-likeness (QED) is 0.361. The van der Waals surface area contributed by atoms with Gasteiger partial charge in [-0.25, -0.2) is 9.97 Å². The van der Waals surface area contributed by atoms with Gasteiger partial charge in [0.1, 0.15) is 6.61 Å². The fourth-order valence-electron chi connectivity index (χ4n) is 3.38. The number of oxazole rings is 1. The summed E-state index contributed by atoms with van der Waals surface area (Å²) in [7, 11) is 1.48. The molecule has 1 amide bonds. The predicted octanol–water partition coefficient (Wildman–Crippen LogP) is 2.87. The van der Waals surface area contributed by atoms with Crippen molar-refractivity contribution in [3.05, 3.63) is 72.9 Å². The Morgan fingerprint density at radius 2 is 2.06 bits per heavy atom. The number of anilines is 2. The third-order valence-corrected chi connectivity index (χ3v) is 4.95. The number of methoxy groups -OCH3 is 1. The van der Waals surface area contributed by atoms with Crippen molar-refractivity contribution in [2.45, 2.75) is 6.54 Å². The molecule has 3 heterocycles. The Morgan fingerprint density at radius 3 is 2.91 bits per heavy atom. The first-order valence-corrected chi connectivity index (χ1v) is 10.4. The molecule has 2 aromatic carbocycles. The highest BCUT2D eigenvalue weighted by Gasteiger charge is 2.12. The fraction of sp³-hybridized carbons (Fsp3) is 0.130. The zero-order valence-corrected chi connectivity index (χ0v) is 18.2. The van der Waals surface area contributed by atoms with Crippen LogP contribution in [-0.4, -0.2) is 49.6 Å². The van der Waals surface area contributed by atoms with Crippen molar-refractivity contribution in [2.75, 3.05) is 19.0 Å². The lowest BCUT2D eigenvalue weighted by Crippen LogP contribution is -2.26. The van der Waals surface area contributed by atoms with E-state index in [1.54, 1.807) is 17.1 Å². The van der Waals surface area contributed by atoms with Crippen LogP contribution >= 0.6 is 0 Å². The summed E-state index contributed by atoms with van der Waals surface area (Å²) >= 11 is 0. The number of nitrogens with one attached hydrogen (secondary N) is 2. The predicted molar refractivity (Wildman–Crippen MR) is 123 cm³/mol. The van der Waals surface area contributed by atoms with Crippen molar-refractivity contribution >= 4 is 28.7 Å². The lowest BCUT2D eigenvalue weighted by atomic mass is 10.1. The second-order valence-electron chi connectivity index (χ2n) is 7.35. The van der Waals surface area contributed by atoms with Gasteiger partial charge in [0.25, 0.3) is 0 Å². The lowest BCUT2D eigenvalue weighted by Gasteiger charge is -2.08. The van der Waals surface area contributed by atoms with Crippen LogP contribution in [0.4, 0.5) is 11.6 Å². The fourth-order valence-corrected chi connectivity index (χ4v) is 3.38. The molecule has 3 aromatic heterocycles. The van der Waals surface area contributed by atoms with Gasteiger partial charge < -0.3 is 19.8 Å². The number of benzene rings is 2. The molecule has 0 atom stereocenters. The summed E-state index contributed by atoms with van der Waals surface area (Å²) in [4.78, 5) is 24.6. The molecule has 0 saturated heterocycles. The number of hydrogen-bond donors (Lipinski definition) is 2. The van der Waals surface area contributed by atoms with Gasteiger partial charge in [-0.2, -0.15) is 9.67 Å². The molecule has 0 bridgehead atoms. The summed E-state index contributed by atoms with van der Waals surface area (Å²) in [6.07, 6.45) is 4.66. The van der Waals surface area contributed by atoms with Crippen molar-refractivity contribution in [3.63, 3.8) is 0 Å². The molecule has 5 rings (SSSR count). The maximum atomic E-state index is 11.7. The highest BCUT2D eigenvalue weighted by atomic mass is 16.5. The minimum Gasteiger partial charge on any atom is -0.444 e. The number of ether oxygens (including phenoxy) is 1. The third-order valence-electron chi connectivity index (χ3n) is 4.95. The zero-order chi connectivity index (χ0) is 23.3. The van der Waals surface area contributed by atoms with E-state index in [1.807, 2.05) is 48.5 Å². The van der Waals surface area contributed by atoms with Crippen LogP contribution in [0.3, 0.4) is 0 Å². The largest absolute Gasteiger partial charge is 0.444 e. The summed E-state index contributed by atoms with van der Waals surface area (Å²) in [5.74, 6) is 0.879. The summed E-state index contributed by atoms with van der Waals surface area (Å²) in [6.45, 7) is 0.382. The molecule has 2 N–H and O–H groups in total. The highest BCUT2D eigenvalue weighted by molar-refractivity contribution is 5.77. The van der Waals surface area contributed by atoms with E-state index in [9.17, 15) is 4.79 Å². The maximum absolute atomic E-state index is 11.7. The van der Waals surface area contributed by atoms with E-state index < -0.39 is 0 Å². The molecule has 11 heteroatoms. The summed E-state index contributed by atoms with van der Waals surface area (Å²) < 4.78 is 11.8. The van der Waals surface area contributed by atoms with Crippen molar-refractivity contribution in [3.8, 4) is 17.0 Å².